The van der Waals surface area contributed by atoms with E-state index < -0.39 is 0 Å². The second-order valence-corrected chi connectivity index (χ2v) is 8.32. The Balaban J connectivity index is 1.46. The van der Waals surface area contributed by atoms with Crippen LogP contribution in [0.5, 0.6) is 0 Å². The number of likely N-dealkylation sites (tertiary alicyclic amines) is 1. The molecule has 2 aromatic rings. The van der Waals surface area contributed by atoms with E-state index in [1.54, 1.807) is 0 Å². The summed E-state index contributed by atoms with van der Waals surface area (Å²) >= 11 is 0. The van der Waals surface area contributed by atoms with E-state index in [1.165, 1.54) is 56.7 Å². The van der Waals surface area contributed by atoms with Gasteiger partial charge in [-0.3, -0.25) is 9.80 Å². The van der Waals surface area contributed by atoms with Gasteiger partial charge < -0.3 is 4.90 Å². The molecule has 2 saturated heterocycles. The molecule has 0 saturated carbocycles. The van der Waals surface area contributed by atoms with Crippen LogP contribution in [0.25, 0.3) is 0 Å². The lowest BCUT2D eigenvalue weighted by Crippen LogP contribution is -2.55. The van der Waals surface area contributed by atoms with Crippen molar-refractivity contribution in [3.8, 4) is 0 Å². The zero-order chi connectivity index (χ0) is 18.5. The Kier molecular flexibility index (Phi) is 6.23. The first-order chi connectivity index (χ1) is 13.3. The predicted octanol–water partition coefficient (Wildman–Crippen LogP) is 3.51. The Morgan fingerprint density at radius 3 is 2.07 bits per heavy atom. The fraction of sp³-hybridized carbons (Fsp3) is 0.500. The van der Waals surface area contributed by atoms with E-state index in [9.17, 15) is 0 Å². The lowest BCUT2D eigenvalue weighted by molar-refractivity contribution is 0.0364. The van der Waals surface area contributed by atoms with Crippen molar-refractivity contribution in [2.75, 3.05) is 39.8 Å². The van der Waals surface area contributed by atoms with Crippen molar-refractivity contribution in [1.29, 1.82) is 0 Å². The summed E-state index contributed by atoms with van der Waals surface area (Å²) in [5.41, 5.74) is 2.91. The fourth-order valence-electron chi connectivity index (χ4n) is 4.72. The molecule has 4 rings (SSSR count). The molecule has 2 fully saturated rings. The minimum Gasteiger partial charge on any atom is -0.304 e. The lowest BCUT2D eigenvalue weighted by Gasteiger charge is -2.46. The quantitative estimate of drug-likeness (QED) is 0.805. The maximum Gasteiger partial charge on any atom is 0.0236 e. The van der Waals surface area contributed by atoms with Crippen molar-refractivity contribution in [2.45, 2.75) is 37.9 Å². The van der Waals surface area contributed by atoms with E-state index in [1.807, 2.05) is 0 Å². The topological polar surface area (TPSA) is 9.72 Å². The number of rotatable bonds is 5. The summed E-state index contributed by atoms with van der Waals surface area (Å²) in [5, 5.41) is 0. The molecule has 27 heavy (non-hydrogen) atoms. The van der Waals surface area contributed by atoms with Gasteiger partial charge in [-0.25, -0.2) is 0 Å². The van der Waals surface area contributed by atoms with Gasteiger partial charge in [0.05, 0.1) is 0 Å². The highest BCUT2D eigenvalue weighted by Gasteiger charge is 2.32. The second kappa shape index (κ2) is 9.01. The fourth-order valence-corrected chi connectivity index (χ4v) is 4.72. The molecule has 144 valence electrons. The molecule has 0 bridgehead atoms. The summed E-state index contributed by atoms with van der Waals surface area (Å²) < 4.78 is 0. The van der Waals surface area contributed by atoms with Crippen LogP contribution in [0, 0.1) is 0 Å². The first-order valence-electron chi connectivity index (χ1n) is 10.5. The number of likely N-dealkylation sites (N-methyl/N-ethyl adjacent to an activating group) is 1. The molecule has 0 spiro atoms. The molecule has 0 aliphatic carbocycles. The van der Waals surface area contributed by atoms with Crippen molar-refractivity contribution >= 4 is 0 Å². The van der Waals surface area contributed by atoms with E-state index in [2.05, 4.69) is 82.4 Å². The zero-order valence-electron chi connectivity index (χ0n) is 16.6. The highest BCUT2D eigenvalue weighted by Crippen LogP contribution is 2.27. The van der Waals surface area contributed by atoms with Crippen LogP contribution in [-0.4, -0.2) is 66.6 Å². The third-order valence-electron chi connectivity index (χ3n) is 6.41. The van der Waals surface area contributed by atoms with Gasteiger partial charge in [-0.05, 0) is 37.4 Å². The van der Waals surface area contributed by atoms with Crippen LogP contribution in [-0.2, 0) is 13.0 Å². The number of piperazine rings is 1. The highest BCUT2D eigenvalue weighted by atomic mass is 15.3. The van der Waals surface area contributed by atoms with Gasteiger partial charge in [0.15, 0.2) is 0 Å². The summed E-state index contributed by atoms with van der Waals surface area (Å²) in [6.07, 6.45) is 3.77. The molecule has 2 aliphatic rings. The van der Waals surface area contributed by atoms with Gasteiger partial charge in [0.2, 0.25) is 0 Å². The zero-order valence-corrected chi connectivity index (χ0v) is 16.6. The van der Waals surface area contributed by atoms with Crippen LogP contribution in [0.2, 0.25) is 0 Å². The summed E-state index contributed by atoms with van der Waals surface area (Å²) in [6, 6.07) is 23.4. The lowest BCUT2D eigenvalue weighted by atomic mass is 9.90. The normalized spacial score (nSPS) is 25.5. The first kappa shape index (κ1) is 18.7. The molecule has 0 radical (unpaired) electrons. The van der Waals surface area contributed by atoms with E-state index in [4.69, 9.17) is 0 Å². The summed E-state index contributed by atoms with van der Waals surface area (Å²) in [7, 11) is 2.25. The second-order valence-electron chi connectivity index (χ2n) is 8.32. The van der Waals surface area contributed by atoms with Crippen LogP contribution in [0.4, 0.5) is 0 Å². The molecular weight excluding hydrogens is 330 g/mol. The molecule has 3 nitrogen and oxygen atoms in total. The van der Waals surface area contributed by atoms with E-state index in [0.29, 0.717) is 6.04 Å². The van der Waals surface area contributed by atoms with Crippen LogP contribution in [0.1, 0.15) is 24.0 Å². The first-order valence-corrected chi connectivity index (χ1v) is 10.5. The molecule has 2 aliphatic heterocycles. The molecule has 2 atom stereocenters. The molecule has 0 aromatic heterocycles. The molecule has 2 heterocycles. The SMILES string of the molecule is CN1CCN(C2CCN(Cc3ccccc3)C(Cc3ccccc3)C2)CC1. The van der Waals surface area contributed by atoms with Gasteiger partial charge >= 0.3 is 0 Å². The monoisotopic (exact) mass is 363 g/mol. The third-order valence-corrected chi connectivity index (χ3v) is 6.41. The minimum atomic E-state index is 0.631. The van der Waals surface area contributed by atoms with Gasteiger partial charge in [0.1, 0.15) is 0 Å². The van der Waals surface area contributed by atoms with Crippen LogP contribution in [0.3, 0.4) is 0 Å². The van der Waals surface area contributed by atoms with E-state index in [0.717, 1.165) is 19.0 Å². The summed E-state index contributed by atoms with van der Waals surface area (Å²) in [5.74, 6) is 0. The van der Waals surface area contributed by atoms with E-state index in [-0.39, 0.29) is 0 Å². The predicted molar refractivity (Wildman–Crippen MR) is 113 cm³/mol. The third kappa shape index (κ3) is 4.98. The number of benzene rings is 2. The Morgan fingerprint density at radius 2 is 1.41 bits per heavy atom. The van der Waals surface area contributed by atoms with Crippen molar-refractivity contribution < 1.29 is 0 Å². The maximum atomic E-state index is 2.76. The van der Waals surface area contributed by atoms with Gasteiger partial charge in [-0.2, -0.15) is 0 Å². The largest absolute Gasteiger partial charge is 0.304 e. The molecular formula is C24H33N3. The summed E-state index contributed by atoms with van der Waals surface area (Å²) in [6.45, 7) is 7.19. The van der Waals surface area contributed by atoms with Crippen molar-refractivity contribution in [3.63, 3.8) is 0 Å². The average molecular weight is 364 g/mol. The Morgan fingerprint density at radius 1 is 0.778 bits per heavy atom. The van der Waals surface area contributed by atoms with Crippen molar-refractivity contribution in [2.24, 2.45) is 0 Å². The maximum absolute atomic E-state index is 2.76. The average Bonchev–Trinajstić information content (AvgIpc) is 2.71. The Hall–Kier alpha value is -1.68. The molecule has 2 aromatic carbocycles. The Labute approximate surface area is 164 Å². The number of nitrogens with zero attached hydrogens (tertiary/aromatic N) is 3. The van der Waals surface area contributed by atoms with Crippen LogP contribution < -0.4 is 0 Å². The smallest absolute Gasteiger partial charge is 0.0236 e. The summed E-state index contributed by atoms with van der Waals surface area (Å²) in [4.78, 5) is 7.95. The van der Waals surface area contributed by atoms with Crippen molar-refractivity contribution in [1.82, 2.24) is 14.7 Å². The molecule has 3 heteroatoms. The highest BCUT2D eigenvalue weighted by molar-refractivity contribution is 5.18. The number of hydrogen-bond donors (Lipinski definition) is 0. The molecule has 0 N–H and O–H groups in total. The van der Waals surface area contributed by atoms with E-state index >= 15 is 0 Å². The standard InChI is InChI=1S/C24H33N3/c1-25-14-16-26(17-15-25)23-12-13-27(20-22-10-6-3-7-11-22)24(19-23)18-21-8-4-2-5-9-21/h2-11,23-24H,12-20H2,1H3. The van der Waals surface area contributed by atoms with Gasteiger partial charge in [0, 0.05) is 51.4 Å². The van der Waals surface area contributed by atoms with Gasteiger partial charge in [-0.15, -0.1) is 0 Å². The van der Waals surface area contributed by atoms with Crippen molar-refractivity contribution in [3.05, 3.63) is 71.8 Å². The minimum absolute atomic E-state index is 0.631. The molecule has 2 unspecified atom stereocenters. The Bertz CT molecular complexity index is 679. The van der Waals surface area contributed by atoms with Gasteiger partial charge in [-0.1, -0.05) is 60.7 Å². The number of piperidine rings is 1. The van der Waals surface area contributed by atoms with Gasteiger partial charge in [0.25, 0.3) is 0 Å². The number of hydrogen-bond acceptors (Lipinski definition) is 3. The van der Waals surface area contributed by atoms with Crippen LogP contribution in [0.15, 0.2) is 60.7 Å². The molecule has 0 amide bonds. The van der Waals surface area contributed by atoms with Crippen LogP contribution >= 0.6 is 0 Å².